The van der Waals surface area contributed by atoms with E-state index in [1.807, 2.05) is 48.5 Å². The summed E-state index contributed by atoms with van der Waals surface area (Å²) in [5.41, 5.74) is 3.26. The van der Waals surface area contributed by atoms with Crippen LogP contribution in [0.2, 0.25) is 0 Å². The summed E-state index contributed by atoms with van der Waals surface area (Å²) in [6.45, 7) is 8.63. The minimum atomic E-state index is -0.434. The van der Waals surface area contributed by atoms with Crippen molar-refractivity contribution in [1.29, 1.82) is 0 Å². The van der Waals surface area contributed by atoms with Crippen molar-refractivity contribution < 1.29 is 18.3 Å². The van der Waals surface area contributed by atoms with Gasteiger partial charge in [-0.25, -0.2) is 4.39 Å². The van der Waals surface area contributed by atoms with E-state index < -0.39 is 5.91 Å². The van der Waals surface area contributed by atoms with Gasteiger partial charge in [-0.15, -0.1) is 0 Å². The molecule has 1 amide bonds. The summed E-state index contributed by atoms with van der Waals surface area (Å²) < 4.78 is 29.4. The molecule has 5 nitrogen and oxygen atoms in total. The fourth-order valence-corrected chi connectivity index (χ4v) is 4.73. The van der Waals surface area contributed by atoms with Crippen LogP contribution >= 0.6 is 11.9 Å². The monoisotopic (exact) mass is 504 g/mol. The molecule has 0 radical (unpaired) electrons. The van der Waals surface area contributed by atoms with E-state index in [9.17, 15) is 9.18 Å². The number of hydrogen-bond donors (Lipinski definition) is 1. The maximum Gasteiger partial charge on any atom is 0.297 e. The van der Waals surface area contributed by atoms with Gasteiger partial charge in [0.15, 0.2) is 5.76 Å². The first-order chi connectivity index (χ1) is 17.3. The van der Waals surface area contributed by atoms with Gasteiger partial charge >= 0.3 is 0 Å². The molecule has 4 aromatic rings. The molecule has 1 aromatic heterocycles. The van der Waals surface area contributed by atoms with E-state index in [1.54, 1.807) is 6.07 Å². The Morgan fingerprint density at radius 2 is 1.86 bits per heavy atom. The van der Waals surface area contributed by atoms with Crippen LogP contribution in [0.25, 0.3) is 11.0 Å². The molecule has 1 N–H and O–H groups in total. The molecule has 1 fully saturated rings. The van der Waals surface area contributed by atoms with Gasteiger partial charge in [-0.2, -0.15) is 0 Å². The summed E-state index contributed by atoms with van der Waals surface area (Å²) in [5.74, 6) is -0.0847. The van der Waals surface area contributed by atoms with Crippen molar-refractivity contribution in [1.82, 2.24) is 4.72 Å². The Kier molecular flexibility index (Phi) is 6.67. The third-order valence-corrected chi connectivity index (χ3v) is 7.14. The van der Waals surface area contributed by atoms with Gasteiger partial charge < -0.3 is 14.1 Å². The molecule has 186 valence electrons. The number of nitrogens with zero attached hydrogens (tertiary/aromatic N) is 1. The maximum atomic E-state index is 14.7. The number of anilines is 1. The standard InChI is InChI=1S/C29H29FN2O3S/c1-29(2,3)20-10-11-24(34-18-19-8-5-4-6-9-19)27(14-20)36-31-28(33)26-17-22-23(30)15-21(16-25(22)35-26)32-12-7-13-32/h4-6,8-11,14-17H,7,12-13,18H2,1-3H3,(H,31,33). The molecule has 2 heterocycles. The molecule has 0 aliphatic carbocycles. The number of carbonyl (C=O) groups excluding carboxylic acids is 1. The van der Waals surface area contributed by atoms with Crippen LogP contribution in [0, 0.1) is 5.82 Å². The molecule has 1 aliphatic heterocycles. The van der Waals surface area contributed by atoms with E-state index in [1.165, 1.54) is 12.1 Å². The van der Waals surface area contributed by atoms with Crippen LogP contribution in [0.1, 0.15) is 48.9 Å². The SMILES string of the molecule is CC(C)(C)c1ccc(OCc2ccccc2)c(SNC(=O)c2cc3c(F)cc(N4CCC4)cc3o2)c1. The Morgan fingerprint density at radius 1 is 1.08 bits per heavy atom. The highest BCUT2D eigenvalue weighted by atomic mass is 32.2. The summed E-state index contributed by atoms with van der Waals surface area (Å²) in [6.07, 6.45) is 1.09. The predicted molar refractivity (Wildman–Crippen MR) is 142 cm³/mol. The summed E-state index contributed by atoms with van der Waals surface area (Å²) in [7, 11) is 0. The summed E-state index contributed by atoms with van der Waals surface area (Å²) in [4.78, 5) is 15.8. The number of carbonyl (C=O) groups is 1. The molecule has 1 aliphatic rings. The maximum absolute atomic E-state index is 14.7. The number of furan rings is 1. The summed E-state index contributed by atoms with van der Waals surface area (Å²) in [6, 6.07) is 20.7. The van der Waals surface area contributed by atoms with Crippen molar-refractivity contribution in [2.24, 2.45) is 0 Å². The molecular formula is C29H29FN2O3S. The first kappa shape index (κ1) is 24.3. The lowest BCUT2D eigenvalue weighted by molar-refractivity contribution is 0.0959. The number of nitrogens with one attached hydrogen (secondary N) is 1. The van der Waals surface area contributed by atoms with Crippen LogP contribution in [0.3, 0.4) is 0 Å². The normalized spacial score (nSPS) is 13.5. The fourth-order valence-electron chi connectivity index (χ4n) is 4.01. The minimum absolute atomic E-state index is 0.0656. The molecule has 0 bridgehead atoms. The predicted octanol–water partition coefficient (Wildman–Crippen LogP) is 7.10. The molecule has 5 rings (SSSR count). The largest absolute Gasteiger partial charge is 0.488 e. The number of ether oxygens (including phenoxy) is 1. The molecule has 1 saturated heterocycles. The Bertz CT molecular complexity index is 1390. The molecule has 7 heteroatoms. The van der Waals surface area contributed by atoms with Crippen LogP contribution in [-0.2, 0) is 12.0 Å². The first-order valence-corrected chi connectivity index (χ1v) is 12.9. The highest BCUT2D eigenvalue weighted by molar-refractivity contribution is 7.98. The summed E-state index contributed by atoms with van der Waals surface area (Å²) >= 11 is 1.16. The average Bonchev–Trinajstić information content (AvgIpc) is 3.25. The van der Waals surface area contributed by atoms with Crippen LogP contribution in [0.5, 0.6) is 5.75 Å². The quantitative estimate of drug-likeness (QED) is 0.272. The van der Waals surface area contributed by atoms with Crippen LogP contribution in [0.15, 0.2) is 76.0 Å². The van der Waals surface area contributed by atoms with E-state index in [2.05, 4.69) is 30.4 Å². The Labute approximate surface area is 214 Å². The molecular weight excluding hydrogens is 475 g/mol. The number of fused-ring (bicyclic) bond motifs is 1. The first-order valence-electron chi connectivity index (χ1n) is 12.0. The zero-order valence-corrected chi connectivity index (χ0v) is 21.5. The van der Waals surface area contributed by atoms with E-state index in [-0.39, 0.29) is 17.0 Å². The number of benzene rings is 3. The van der Waals surface area contributed by atoms with Crippen molar-refractivity contribution in [2.45, 2.75) is 44.1 Å². The fraction of sp³-hybridized carbons (Fsp3) is 0.276. The van der Waals surface area contributed by atoms with Crippen LogP contribution < -0.4 is 14.4 Å². The Hall–Kier alpha value is -3.45. The zero-order valence-electron chi connectivity index (χ0n) is 20.6. The topological polar surface area (TPSA) is 54.7 Å². The van der Waals surface area contributed by atoms with E-state index in [0.29, 0.717) is 23.3 Å². The summed E-state index contributed by atoms with van der Waals surface area (Å²) in [5, 5.41) is 0.302. The molecule has 0 saturated carbocycles. The number of rotatable bonds is 7. The van der Waals surface area contributed by atoms with Crippen molar-refractivity contribution in [2.75, 3.05) is 18.0 Å². The average molecular weight is 505 g/mol. The smallest absolute Gasteiger partial charge is 0.297 e. The van der Waals surface area contributed by atoms with Gasteiger partial charge in [-0.1, -0.05) is 57.2 Å². The van der Waals surface area contributed by atoms with Crippen molar-refractivity contribution >= 4 is 34.5 Å². The molecule has 3 aromatic carbocycles. The van der Waals surface area contributed by atoms with E-state index in [4.69, 9.17) is 9.15 Å². The van der Waals surface area contributed by atoms with Gasteiger partial charge in [-0.05, 0) is 53.1 Å². The third kappa shape index (κ3) is 5.21. The number of amides is 1. The van der Waals surface area contributed by atoms with E-state index in [0.717, 1.165) is 53.2 Å². The van der Waals surface area contributed by atoms with Gasteiger partial charge in [0.2, 0.25) is 0 Å². The molecule has 36 heavy (non-hydrogen) atoms. The van der Waals surface area contributed by atoms with Crippen molar-refractivity contribution in [3.05, 3.63) is 89.4 Å². The highest BCUT2D eigenvalue weighted by Crippen LogP contribution is 2.35. The highest BCUT2D eigenvalue weighted by Gasteiger charge is 2.21. The van der Waals surface area contributed by atoms with Gasteiger partial charge in [0, 0.05) is 30.9 Å². The number of halogens is 1. The second-order valence-corrected chi connectivity index (χ2v) is 10.9. The van der Waals surface area contributed by atoms with Crippen molar-refractivity contribution in [3.63, 3.8) is 0 Å². The lowest BCUT2D eigenvalue weighted by atomic mass is 9.87. The molecule has 0 spiro atoms. The van der Waals surface area contributed by atoms with Crippen molar-refractivity contribution in [3.8, 4) is 5.75 Å². The van der Waals surface area contributed by atoms with Crippen LogP contribution in [0.4, 0.5) is 10.1 Å². The zero-order chi connectivity index (χ0) is 25.3. The van der Waals surface area contributed by atoms with Gasteiger partial charge in [-0.3, -0.25) is 9.52 Å². The molecule has 0 atom stereocenters. The third-order valence-electron chi connectivity index (χ3n) is 6.32. The van der Waals surface area contributed by atoms with E-state index >= 15 is 0 Å². The lowest BCUT2D eigenvalue weighted by Gasteiger charge is -2.33. The second-order valence-electron chi connectivity index (χ2n) is 10.0. The van der Waals surface area contributed by atoms with Gasteiger partial charge in [0.05, 0.1) is 10.3 Å². The van der Waals surface area contributed by atoms with Crippen LogP contribution in [-0.4, -0.2) is 19.0 Å². The second kappa shape index (κ2) is 9.90. The number of hydrogen-bond acceptors (Lipinski definition) is 5. The van der Waals surface area contributed by atoms with Gasteiger partial charge in [0.1, 0.15) is 23.8 Å². The minimum Gasteiger partial charge on any atom is -0.488 e. The van der Waals surface area contributed by atoms with Gasteiger partial charge in [0.25, 0.3) is 5.91 Å². The molecule has 0 unspecified atom stereocenters. The lowest BCUT2D eigenvalue weighted by Crippen LogP contribution is -2.36. The Morgan fingerprint density at radius 3 is 2.56 bits per heavy atom. The Balaban J connectivity index is 1.34.